The third-order valence-electron chi connectivity index (χ3n) is 2.71. The molecule has 2 rings (SSSR count). The Kier molecular flexibility index (Phi) is 4.37. The minimum absolute atomic E-state index is 0.0444. The van der Waals surface area contributed by atoms with Crippen molar-refractivity contribution < 1.29 is 14.1 Å². The highest BCUT2D eigenvalue weighted by atomic mass is 35.5. The fourth-order valence-electron chi connectivity index (χ4n) is 1.66. The Morgan fingerprint density at radius 3 is 2.55 bits per heavy atom. The number of furan rings is 1. The van der Waals surface area contributed by atoms with E-state index < -0.39 is 4.92 Å². The lowest BCUT2D eigenvalue weighted by atomic mass is 10.1. The number of amides is 1. The fraction of sp³-hybridized carbons (Fsp3) is 0.154. The summed E-state index contributed by atoms with van der Waals surface area (Å²) >= 11 is 5.69. The first-order valence-electron chi connectivity index (χ1n) is 5.82. The van der Waals surface area contributed by atoms with E-state index >= 15 is 0 Å². The number of benzene rings is 1. The molecule has 0 bridgehead atoms. The minimum Gasteiger partial charge on any atom is -0.452 e. The van der Waals surface area contributed by atoms with Crippen LogP contribution in [0.1, 0.15) is 15.9 Å². The number of nitrogens with one attached hydrogen (secondary N) is 1. The maximum Gasteiger partial charge on any atom is 0.269 e. The molecule has 1 amide bonds. The number of non-ortho nitro benzene ring substituents is 1. The fourth-order valence-corrected chi connectivity index (χ4v) is 1.86. The lowest BCUT2D eigenvalue weighted by Crippen LogP contribution is -2.25. The monoisotopic (exact) mass is 294 g/mol. The van der Waals surface area contributed by atoms with Gasteiger partial charge < -0.3 is 9.73 Å². The summed E-state index contributed by atoms with van der Waals surface area (Å²) < 4.78 is 4.83. The van der Waals surface area contributed by atoms with E-state index in [0.717, 1.165) is 5.56 Å². The first-order chi connectivity index (χ1) is 9.58. The van der Waals surface area contributed by atoms with Gasteiger partial charge in [0.25, 0.3) is 11.6 Å². The van der Waals surface area contributed by atoms with Gasteiger partial charge in [0.15, 0.2) is 0 Å². The molecule has 0 aliphatic heterocycles. The quantitative estimate of drug-likeness (QED) is 0.678. The number of nitrogens with zero attached hydrogens (tertiary/aromatic N) is 1. The van der Waals surface area contributed by atoms with Crippen LogP contribution in [-0.4, -0.2) is 17.4 Å². The molecule has 1 aromatic heterocycles. The average Bonchev–Trinajstić information content (AvgIpc) is 2.85. The lowest BCUT2D eigenvalue weighted by Gasteiger charge is -2.04. The molecule has 0 spiro atoms. The molecular formula is C13H11ClN2O4. The number of carbonyl (C=O) groups excluding carboxylic acids is 1. The minimum atomic E-state index is -0.452. The predicted octanol–water partition coefficient (Wildman–Crippen LogP) is 2.81. The van der Waals surface area contributed by atoms with Crippen LogP contribution < -0.4 is 5.32 Å². The Balaban J connectivity index is 1.85. The van der Waals surface area contributed by atoms with Gasteiger partial charge in [0.1, 0.15) is 0 Å². The first kappa shape index (κ1) is 14.1. The van der Waals surface area contributed by atoms with Crippen molar-refractivity contribution in [2.45, 2.75) is 6.42 Å². The Morgan fingerprint density at radius 1 is 1.30 bits per heavy atom. The second kappa shape index (κ2) is 6.21. The summed E-state index contributed by atoms with van der Waals surface area (Å²) in [5.74, 6) is -0.314. The van der Waals surface area contributed by atoms with Crippen LogP contribution in [0.3, 0.4) is 0 Å². The van der Waals surface area contributed by atoms with Crippen molar-refractivity contribution in [3.05, 3.63) is 63.1 Å². The molecule has 104 valence electrons. The van der Waals surface area contributed by atoms with E-state index in [1.807, 2.05) is 0 Å². The molecule has 1 aromatic carbocycles. The number of hydrogen-bond donors (Lipinski definition) is 1. The zero-order valence-corrected chi connectivity index (χ0v) is 11.1. The highest BCUT2D eigenvalue weighted by Crippen LogP contribution is 2.16. The van der Waals surface area contributed by atoms with Crippen LogP contribution >= 0.6 is 11.6 Å². The molecule has 6 nitrogen and oxygen atoms in total. The molecule has 0 unspecified atom stereocenters. The molecule has 0 fully saturated rings. The summed E-state index contributed by atoms with van der Waals surface area (Å²) in [6, 6.07) is 7.68. The zero-order valence-electron chi connectivity index (χ0n) is 10.3. The van der Waals surface area contributed by atoms with Gasteiger partial charge in [0.2, 0.25) is 5.22 Å². The van der Waals surface area contributed by atoms with Gasteiger partial charge in [-0.2, -0.15) is 0 Å². The molecule has 1 heterocycles. The smallest absolute Gasteiger partial charge is 0.269 e. The molecule has 1 N–H and O–H groups in total. The van der Waals surface area contributed by atoms with Crippen molar-refractivity contribution in [3.63, 3.8) is 0 Å². The van der Waals surface area contributed by atoms with Crippen LogP contribution in [0.4, 0.5) is 5.69 Å². The molecule has 7 heteroatoms. The highest BCUT2D eigenvalue weighted by molar-refractivity contribution is 6.32. The Morgan fingerprint density at radius 2 is 2.00 bits per heavy atom. The largest absolute Gasteiger partial charge is 0.452 e. The lowest BCUT2D eigenvalue weighted by molar-refractivity contribution is -0.384. The van der Waals surface area contributed by atoms with Gasteiger partial charge in [-0.15, -0.1) is 0 Å². The van der Waals surface area contributed by atoms with Gasteiger partial charge in [-0.3, -0.25) is 14.9 Å². The van der Waals surface area contributed by atoms with Crippen molar-refractivity contribution in [2.24, 2.45) is 0 Å². The van der Waals surface area contributed by atoms with Gasteiger partial charge in [-0.05, 0) is 29.7 Å². The number of rotatable bonds is 5. The molecule has 0 atom stereocenters. The topological polar surface area (TPSA) is 85.4 Å². The standard InChI is InChI=1S/C13H11ClN2O4/c14-12-11(6-8-20-12)13(17)15-7-5-9-1-3-10(4-2-9)16(18)19/h1-4,6,8H,5,7H2,(H,15,17). The summed E-state index contributed by atoms with van der Waals surface area (Å²) in [4.78, 5) is 21.8. The molecular weight excluding hydrogens is 284 g/mol. The van der Waals surface area contributed by atoms with Gasteiger partial charge >= 0.3 is 0 Å². The van der Waals surface area contributed by atoms with E-state index in [1.165, 1.54) is 24.5 Å². The highest BCUT2D eigenvalue weighted by Gasteiger charge is 2.12. The molecule has 2 aromatic rings. The normalized spacial score (nSPS) is 10.2. The molecule has 0 radical (unpaired) electrons. The van der Waals surface area contributed by atoms with E-state index in [4.69, 9.17) is 16.0 Å². The second-order valence-corrected chi connectivity index (χ2v) is 4.38. The van der Waals surface area contributed by atoms with Crippen molar-refractivity contribution >= 4 is 23.2 Å². The number of nitro groups is 1. The number of nitro benzene ring substituents is 1. The van der Waals surface area contributed by atoms with Crippen LogP contribution in [0.5, 0.6) is 0 Å². The number of carbonyl (C=O) groups is 1. The molecule has 0 saturated carbocycles. The van der Waals surface area contributed by atoms with Crippen molar-refractivity contribution in [1.82, 2.24) is 5.32 Å². The average molecular weight is 295 g/mol. The third kappa shape index (κ3) is 3.36. The first-order valence-corrected chi connectivity index (χ1v) is 6.20. The van der Waals surface area contributed by atoms with Crippen molar-refractivity contribution in [2.75, 3.05) is 6.54 Å². The van der Waals surface area contributed by atoms with Crippen LogP contribution in [-0.2, 0) is 6.42 Å². The Hall–Kier alpha value is -2.34. The van der Waals surface area contributed by atoms with Crippen LogP contribution in [0.2, 0.25) is 5.22 Å². The molecule has 0 saturated heterocycles. The van der Waals surface area contributed by atoms with Crippen molar-refractivity contribution in [3.8, 4) is 0 Å². The molecule has 20 heavy (non-hydrogen) atoms. The molecule has 0 aliphatic carbocycles. The second-order valence-electron chi connectivity index (χ2n) is 4.04. The third-order valence-corrected chi connectivity index (χ3v) is 3.00. The van der Waals surface area contributed by atoms with Gasteiger partial charge in [-0.1, -0.05) is 12.1 Å². The van der Waals surface area contributed by atoms with E-state index in [9.17, 15) is 14.9 Å². The van der Waals surface area contributed by atoms with Crippen LogP contribution in [0.15, 0.2) is 41.0 Å². The van der Waals surface area contributed by atoms with Crippen molar-refractivity contribution in [1.29, 1.82) is 0 Å². The van der Waals surface area contributed by atoms with Crippen LogP contribution in [0.25, 0.3) is 0 Å². The van der Waals surface area contributed by atoms with Gasteiger partial charge in [0, 0.05) is 18.7 Å². The predicted molar refractivity (Wildman–Crippen MR) is 72.9 cm³/mol. The maximum absolute atomic E-state index is 11.7. The molecule has 0 aliphatic rings. The maximum atomic E-state index is 11.7. The van der Waals surface area contributed by atoms with E-state index in [0.29, 0.717) is 13.0 Å². The van der Waals surface area contributed by atoms with Crippen LogP contribution in [0, 0.1) is 10.1 Å². The van der Waals surface area contributed by atoms with Gasteiger partial charge in [-0.25, -0.2) is 0 Å². The summed E-state index contributed by atoms with van der Waals surface area (Å²) in [5.41, 5.74) is 1.23. The SMILES string of the molecule is O=C(NCCc1ccc([N+](=O)[O-])cc1)c1ccoc1Cl. The number of hydrogen-bond acceptors (Lipinski definition) is 4. The zero-order chi connectivity index (χ0) is 14.5. The van der Waals surface area contributed by atoms with E-state index in [-0.39, 0.29) is 22.4 Å². The van der Waals surface area contributed by atoms with Gasteiger partial charge in [0.05, 0.1) is 16.7 Å². The van der Waals surface area contributed by atoms with E-state index in [1.54, 1.807) is 12.1 Å². The summed E-state index contributed by atoms with van der Waals surface area (Å²) in [6.07, 6.45) is 1.91. The summed E-state index contributed by atoms with van der Waals surface area (Å²) in [6.45, 7) is 0.401. The van der Waals surface area contributed by atoms with E-state index in [2.05, 4.69) is 5.32 Å². The summed E-state index contributed by atoms with van der Waals surface area (Å²) in [5, 5.41) is 13.3. The summed E-state index contributed by atoms with van der Waals surface area (Å²) in [7, 11) is 0. The number of halogens is 1. The Bertz CT molecular complexity index is 622. The Labute approximate surface area is 119 Å².